The first-order valence-corrected chi connectivity index (χ1v) is 8.60. The van der Waals surface area contributed by atoms with Gasteiger partial charge in [0.25, 0.3) is 0 Å². The molecule has 1 aromatic heterocycles. The summed E-state index contributed by atoms with van der Waals surface area (Å²) in [6.45, 7) is 4.75. The minimum absolute atomic E-state index is 0.0940. The van der Waals surface area contributed by atoms with E-state index in [0.717, 1.165) is 32.0 Å². The summed E-state index contributed by atoms with van der Waals surface area (Å²) in [5.41, 5.74) is 0. The monoisotopic (exact) mass is 292 g/mol. The summed E-state index contributed by atoms with van der Waals surface area (Å²) in [7, 11) is 0. The van der Waals surface area contributed by atoms with Crippen LogP contribution in [-0.2, 0) is 11.3 Å². The predicted octanol–water partition coefficient (Wildman–Crippen LogP) is 3.12. The third-order valence-corrected chi connectivity index (χ3v) is 5.73. The molecule has 1 N–H and O–H groups in total. The number of thiophene rings is 1. The Labute approximate surface area is 125 Å². The average Bonchev–Trinajstić information content (AvgIpc) is 3.09. The highest BCUT2D eigenvalue weighted by molar-refractivity contribution is 7.12. The molecule has 1 unspecified atom stereocenters. The van der Waals surface area contributed by atoms with E-state index in [9.17, 15) is 4.79 Å². The number of nitrogens with one attached hydrogen (secondary N) is 1. The molecule has 1 aliphatic heterocycles. The standard InChI is InChI=1S/C16H24N2OS/c1-12(19)17-14-8-9-18(10-14)11-15-6-7-16(20-15)13-4-2-3-5-13/h6-7,13-14H,2-5,8-11H2,1H3,(H,17,19). The number of likely N-dealkylation sites (tertiary alicyclic amines) is 1. The Hall–Kier alpha value is -0.870. The molecule has 1 aliphatic carbocycles. The molecule has 1 saturated heterocycles. The summed E-state index contributed by atoms with van der Waals surface area (Å²) < 4.78 is 0. The Kier molecular flexibility index (Phi) is 4.41. The van der Waals surface area contributed by atoms with Crippen LogP contribution < -0.4 is 5.32 Å². The van der Waals surface area contributed by atoms with Crippen LogP contribution in [0.4, 0.5) is 0 Å². The van der Waals surface area contributed by atoms with Gasteiger partial charge in [-0.1, -0.05) is 12.8 Å². The number of carbonyl (C=O) groups is 1. The Morgan fingerprint density at radius 1 is 1.35 bits per heavy atom. The van der Waals surface area contributed by atoms with Crippen LogP contribution >= 0.6 is 11.3 Å². The van der Waals surface area contributed by atoms with E-state index < -0.39 is 0 Å². The lowest BCUT2D eigenvalue weighted by molar-refractivity contribution is -0.119. The van der Waals surface area contributed by atoms with Gasteiger partial charge in [-0.25, -0.2) is 0 Å². The SMILES string of the molecule is CC(=O)NC1CCN(Cc2ccc(C3CCCC3)s2)C1. The van der Waals surface area contributed by atoms with Crippen LogP contribution in [0, 0.1) is 0 Å². The Balaban J connectivity index is 1.52. The van der Waals surface area contributed by atoms with E-state index in [1.165, 1.54) is 30.6 Å². The number of hydrogen-bond donors (Lipinski definition) is 1. The van der Waals surface area contributed by atoms with E-state index in [4.69, 9.17) is 0 Å². The molecule has 1 atom stereocenters. The third-order valence-electron chi connectivity index (χ3n) is 4.50. The first-order chi connectivity index (χ1) is 9.70. The zero-order valence-electron chi connectivity index (χ0n) is 12.2. The van der Waals surface area contributed by atoms with Gasteiger partial charge in [-0.05, 0) is 37.3 Å². The lowest BCUT2D eigenvalue weighted by Crippen LogP contribution is -2.35. The summed E-state index contributed by atoms with van der Waals surface area (Å²) in [6.07, 6.45) is 6.66. The van der Waals surface area contributed by atoms with Crippen molar-refractivity contribution in [2.45, 2.75) is 57.5 Å². The quantitative estimate of drug-likeness (QED) is 0.925. The van der Waals surface area contributed by atoms with E-state index in [-0.39, 0.29) is 5.91 Å². The van der Waals surface area contributed by atoms with Gasteiger partial charge in [0, 0.05) is 42.4 Å². The number of carbonyl (C=O) groups excluding carboxylic acids is 1. The van der Waals surface area contributed by atoms with Gasteiger partial charge in [0.05, 0.1) is 0 Å². The molecule has 0 aromatic carbocycles. The van der Waals surface area contributed by atoms with Gasteiger partial charge in [0.2, 0.25) is 5.91 Å². The van der Waals surface area contributed by atoms with Crippen molar-refractivity contribution in [1.82, 2.24) is 10.2 Å². The highest BCUT2D eigenvalue weighted by Crippen LogP contribution is 2.37. The zero-order valence-corrected chi connectivity index (χ0v) is 13.0. The molecular formula is C16H24N2OS. The fourth-order valence-corrected chi connectivity index (χ4v) is 4.74. The number of amides is 1. The lowest BCUT2D eigenvalue weighted by Gasteiger charge is -2.15. The van der Waals surface area contributed by atoms with E-state index in [1.807, 2.05) is 11.3 Å². The van der Waals surface area contributed by atoms with Gasteiger partial charge in [0.15, 0.2) is 0 Å². The molecule has 2 fully saturated rings. The van der Waals surface area contributed by atoms with E-state index in [0.29, 0.717) is 6.04 Å². The largest absolute Gasteiger partial charge is 0.352 e. The maximum absolute atomic E-state index is 11.1. The highest BCUT2D eigenvalue weighted by Gasteiger charge is 2.24. The Bertz CT molecular complexity index is 465. The molecule has 3 nitrogen and oxygen atoms in total. The van der Waals surface area contributed by atoms with Gasteiger partial charge in [-0.2, -0.15) is 0 Å². The summed E-state index contributed by atoms with van der Waals surface area (Å²) in [4.78, 5) is 16.6. The molecule has 110 valence electrons. The number of rotatable bonds is 4. The van der Waals surface area contributed by atoms with Gasteiger partial charge in [-0.15, -0.1) is 11.3 Å². The van der Waals surface area contributed by atoms with Crippen LogP contribution in [0.1, 0.15) is 54.7 Å². The van der Waals surface area contributed by atoms with Crippen LogP contribution in [0.5, 0.6) is 0 Å². The molecule has 1 amide bonds. The van der Waals surface area contributed by atoms with Crippen LogP contribution in [0.2, 0.25) is 0 Å². The van der Waals surface area contributed by atoms with Crippen molar-refractivity contribution < 1.29 is 4.79 Å². The van der Waals surface area contributed by atoms with Crippen LogP contribution in [0.25, 0.3) is 0 Å². The van der Waals surface area contributed by atoms with E-state index in [2.05, 4.69) is 22.3 Å². The van der Waals surface area contributed by atoms with Gasteiger partial charge in [-0.3, -0.25) is 9.69 Å². The summed E-state index contributed by atoms with van der Waals surface area (Å²) >= 11 is 2.00. The molecule has 4 heteroatoms. The molecule has 0 bridgehead atoms. The van der Waals surface area contributed by atoms with E-state index in [1.54, 1.807) is 11.8 Å². The zero-order chi connectivity index (χ0) is 13.9. The molecule has 3 rings (SSSR count). The minimum atomic E-state index is 0.0940. The maximum Gasteiger partial charge on any atom is 0.217 e. The van der Waals surface area contributed by atoms with Crippen molar-refractivity contribution in [2.75, 3.05) is 13.1 Å². The smallest absolute Gasteiger partial charge is 0.217 e. The average molecular weight is 292 g/mol. The summed E-state index contributed by atoms with van der Waals surface area (Å²) in [6, 6.07) is 5.00. The van der Waals surface area contributed by atoms with Crippen molar-refractivity contribution in [3.63, 3.8) is 0 Å². The van der Waals surface area contributed by atoms with Crippen molar-refractivity contribution in [3.05, 3.63) is 21.9 Å². The lowest BCUT2D eigenvalue weighted by atomic mass is 10.1. The molecule has 2 heterocycles. The molecule has 2 aliphatic rings. The van der Waals surface area contributed by atoms with Crippen LogP contribution in [-0.4, -0.2) is 29.9 Å². The molecule has 1 saturated carbocycles. The first-order valence-electron chi connectivity index (χ1n) is 7.79. The van der Waals surface area contributed by atoms with Crippen LogP contribution in [0.15, 0.2) is 12.1 Å². The number of hydrogen-bond acceptors (Lipinski definition) is 3. The molecule has 20 heavy (non-hydrogen) atoms. The Morgan fingerprint density at radius 3 is 2.90 bits per heavy atom. The fourth-order valence-electron chi connectivity index (χ4n) is 3.51. The van der Waals surface area contributed by atoms with Crippen molar-refractivity contribution in [3.8, 4) is 0 Å². The van der Waals surface area contributed by atoms with Crippen LogP contribution in [0.3, 0.4) is 0 Å². The molecular weight excluding hydrogens is 268 g/mol. The predicted molar refractivity (Wildman–Crippen MR) is 83.0 cm³/mol. The normalized spacial score (nSPS) is 24.4. The summed E-state index contributed by atoms with van der Waals surface area (Å²) in [5.74, 6) is 0.927. The second-order valence-corrected chi connectivity index (χ2v) is 7.41. The van der Waals surface area contributed by atoms with Gasteiger partial charge >= 0.3 is 0 Å². The van der Waals surface area contributed by atoms with Crippen molar-refractivity contribution >= 4 is 17.2 Å². The molecule has 0 spiro atoms. The van der Waals surface area contributed by atoms with Crippen molar-refractivity contribution in [2.24, 2.45) is 0 Å². The summed E-state index contributed by atoms with van der Waals surface area (Å²) in [5, 5.41) is 3.03. The Morgan fingerprint density at radius 2 is 2.15 bits per heavy atom. The first kappa shape index (κ1) is 14.1. The van der Waals surface area contributed by atoms with E-state index >= 15 is 0 Å². The van der Waals surface area contributed by atoms with Gasteiger partial charge < -0.3 is 5.32 Å². The van der Waals surface area contributed by atoms with Crippen molar-refractivity contribution in [1.29, 1.82) is 0 Å². The number of nitrogens with zero attached hydrogens (tertiary/aromatic N) is 1. The topological polar surface area (TPSA) is 32.3 Å². The molecule has 1 aromatic rings. The third kappa shape index (κ3) is 3.41. The second-order valence-electron chi connectivity index (χ2n) is 6.21. The van der Waals surface area contributed by atoms with Gasteiger partial charge in [0.1, 0.15) is 0 Å². The fraction of sp³-hybridized carbons (Fsp3) is 0.688. The maximum atomic E-state index is 11.1. The second kappa shape index (κ2) is 6.27. The highest BCUT2D eigenvalue weighted by atomic mass is 32.1. The minimum Gasteiger partial charge on any atom is -0.352 e. The molecule has 0 radical (unpaired) electrons.